The van der Waals surface area contributed by atoms with Gasteiger partial charge in [-0.25, -0.2) is 14.0 Å². The largest absolute Gasteiger partial charge is 0.465 e. The van der Waals surface area contributed by atoms with Gasteiger partial charge in [0.05, 0.1) is 5.69 Å². The number of amides is 1. The highest BCUT2D eigenvalue weighted by Crippen LogP contribution is 2.21. The summed E-state index contributed by atoms with van der Waals surface area (Å²) >= 11 is 0. The van der Waals surface area contributed by atoms with Crippen LogP contribution in [-0.2, 0) is 0 Å². The lowest BCUT2D eigenvalue weighted by atomic mass is 10.1. The fourth-order valence-electron chi connectivity index (χ4n) is 2.83. The van der Waals surface area contributed by atoms with Crippen molar-refractivity contribution in [2.45, 2.75) is 18.9 Å². The Hall–Kier alpha value is -2.57. The molecule has 1 aliphatic rings. The predicted molar refractivity (Wildman–Crippen MR) is 77.9 cm³/mol. The molecule has 1 amide bonds. The molecule has 3 rings (SSSR count). The first-order valence-corrected chi connectivity index (χ1v) is 7.10. The second-order valence-electron chi connectivity index (χ2n) is 5.31. The zero-order valence-corrected chi connectivity index (χ0v) is 11.9. The minimum Gasteiger partial charge on any atom is -0.465 e. The van der Waals surface area contributed by atoms with Gasteiger partial charge in [-0.1, -0.05) is 12.1 Å². The number of para-hydroxylation sites is 1. The fourth-order valence-corrected chi connectivity index (χ4v) is 2.83. The van der Waals surface area contributed by atoms with Gasteiger partial charge in [0, 0.05) is 31.5 Å². The van der Waals surface area contributed by atoms with E-state index in [1.54, 1.807) is 35.2 Å². The molecule has 2 heterocycles. The summed E-state index contributed by atoms with van der Waals surface area (Å²) in [7, 11) is 0. The Balaban J connectivity index is 1.85. The minimum absolute atomic E-state index is 0.0591. The number of nitrogens with zero attached hydrogens (tertiary/aromatic N) is 3. The normalized spacial score (nSPS) is 16.0. The lowest BCUT2D eigenvalue weighted by Gasteiger charge is -2.30. The van der Waals surface area contributed by atoms with Crippen molar-refractivity contribution in [3.05, 3.63) is 53.0 Å². The SMILES string of the molecule is O=C(O)N1CCC(n2ccn(-c3ccccc3F)c2=O)CC1. The van der Waals surface area contributed by atoms with Crippen LogP contribution in [0.1, 0.15) is 18.9 Å². The molecule has 0 saturated carbocycles. The molecular formula is C15H16FN3O3. The van der Waals surface area contributed by atoms with Crippen molar-refractivity contribution in [3.8, 4) is 5.69 Å². The van der Waals surface area contributed by atoms with Crippen molar-refractivity contribution in [1.29, 1.82) is 0 Å². The van der Waals surface area contributed by atoms with Gasteiger partial charge in [0.15, 0.2) is 0 Å². The smallest absolute Gasteiger partial charge is 0.407 e. The number of likely N-dealkylation sites (tertiary alicyclic amines) is 1. The summed E-state index contributed by atoms with van der Waals surface area (Å²) in [4.78, 5) is 24.7. The molecule has 1 aromatic carbocycles. The van der Waals surface area contributed by atoms with Crippen LogP contribution in [0.15, 0.2) is 41.5 Å². The van der Waals surface area contributed by atoms with Crippen molar-refractivity contribution in [3.63, 3.8) is 0 Å². The average Bonchev–Trinajstić information content (AvgIpc) is 2.89. The van der Waals surface area contributed by atoms with E-state index in [1.807, 2.05) is 0 Å². The van der Waals surface area contributed by atoms with E-state index in [0.717, 1.165) is 0 Å². The van der Waals surface area contributed by atoms with E-state index in [4.69, 9.17) is 5.11 Å². The first-order valence-electron chi connectivity index (χ1n) is 7.10. The number of carbonyl (C=O) groups is 1. The summed E-state index contributed by atoms with van der Waals surface area (Å²) in [5, 5.41) is 8.94. The Bertz CT molecular complexity index is 744. The topological polar surface area (TPSA) is 67.5 Å². The van der Waals surface area contributed by atoms with Crippen LogP contribution in [0.3, 0.4) is 0 Å². The second kappa shape index (κ2) is 5.67. The summed E-state index contributed by atoms with van der Waals surface area (Å²) in [6.07, 6.45) is 3.40. The van der Waals surface area contributed by atoms with Crippen LogP contribution < -0.4 is 5.69 Å². The molecule has 0 bridgehead atoms. The van der Waals surface area contributed by atoms with E-state index in [2.05, 4.69) is 0 Å². The molecule has 1 N–H and O–H groups in total. The Labute approximate surface area is 126 Å². The summed E-state index contributed by atoms with van der Waals surface area (Å²) in [6, 6.07) is 6.05. The summed E-state index contributed by atoms with van der Waals surface area (Å²) < 4.78 is 16.6. The van der Waals surface area contributed by atoms with Crippen LogP contribution in [0.5, 0.6) is 0 Å². The number of aromatic nitrogens is 2. The highest BCUT2D eigenvalue weighted by Gasteiger charge is 2.25. The molecule has 1 aromatic heterocycles. The maximum absolute atomic E-state index is 13.8. The number of halogens is 1. The average molecular weight is 305 g/mol. The molecule has 0 atom stereocenters. The molecule has 0 unspecified atom stereocenters. The zero-order valence-electron chi connectivity index (χ0n) is 11.9. The van der Waals surface area contributed by atoms with Gasteiger partial charge in [0.1, 0.15) is 5.82 Å². The lowest BCUT2D eigenvalue weighted by molar-refractivity contribution is 0.125. The van der Waals surface area contributed by atoms with Gasteiger partial charge in [-0.2, -0.15) is 0 Å². The molecule has 0 aliphatic carbocycles. The van der Waals surface area contributed by atoms with Crippen molar-refractivity contribution in [2.24, 2.45) is 0 Å². The van der Waals surface area contributed by atoms with E-state index in [0.29, 0.717) is 25.9 Å². The van der Waals surface area contributed by atoms with Crippen molar-refractivity contribution in [1.82, 2.24) is 14.0 Å². The lowest BCUT2D eigenvalue weighted by Crippen LogP contribution is -2.40. The molecule has 0 radical (unpaired) electrons. The molecule has 2 aromatic rings. The van der Waals surface area contributed by atoms with Crippen LogP contribution in [0.4, 0.5) is 9.18 Å². The Morgan fingerprint density at radius 2 is 1.86 bits per heavy atom. The third-order valence-electron chi connectivity index (χ3n) is 4.04. The summed E-state index contributed by atoms with van der Waals surface area (Å²) in [5.74, 6) is -0.456. The van der Waals surface area contributed by atoms with Gasteiger partial charge in [-0.15, -0.1) is 0 Å². The number of hydrogen-bond donors (Lipinski definition) is 1. The van der Waals surface area contributed by atoms with Gasteiger partial charge in [-0.3, -0.25) is 9.13 Å². The van der Waals surface area contributed by atoms with Crippen LogP contribution in [0.2, 0.25) is 0 Å². The van der Waals surface area contributed by atoms with Crippen LogP contribution >= 0.6 is 0 Å². The molecule has 6 nitrogen and oxygen atoms in total. The third-order valence-corrected chi connectivity index (χ3v) is 4.04. The molecule has 1 saturated heterocycles. The maximum atomic E-state index is 13.8. The highest BCUT2D eigenvalue weighted by atomic mass is 19.1. The second-order valence-corrected chi connectivity index (χ2v) is 5.31. The fraction of sp³-hybridized carbons (Fsp3) is 0.333. The van der Waals surface area contributed by atoms with Crippen LogP contribution in [-0.4, -0.2) is 38.3 Å². The number of hydrogen-bond acceptors (Lipinski definition) is 2. The van der Waals surface area contributed by atoms with Gasteiger partial charge < -0.3 is 10.0 Å². The quantitative estimate of drug-likeness (QED) is 0.924. The maximum Gasteiger partial charge on any atom is 0.407 e. The molecule has 22 heavy (non-hydrogen) atoms. The number of benzene rings is 1. The van der Waals surface area contributed by atoms with Crippen molar-refractivity contribution < 1.29 is 14.3 Å². The van der Waals surface area contributed by atoms with Gasteiger partial charge in [0.2, 0.25) is 0 Å². The monoisotopic (exact) mass is 305 g/mol. The Morgan fingerprint density at radius 1 is 1.18 bits per heavy atom. The summed E-state index contributed by atoms with van der Waals surface area (Å²) in [5.41, 5.74) is -0.0897. The predicted octanol–water partition coefficient (Wildman–Crippen LogP) is 2.09. The Kier molecular flexibility index (Phi) is 3.70. The highest BCUT2D eigenvalue weighted by molar-refractivity contribution is 5.65. The molecule has 116 valence electrons. The van der Waals surface area contributed by atoms with Gasteiger partial charge in [-0.05, 0) is 25.0 Å². The summed E-state index contributed by atoms with van der Waals surface area (Å²) in [6.45, 7) is 0.800. The number of imidazole rings is 1. The third kappa shape index (κ3) is 2.49. The van der Waals surface area contributed by atoms with Crippen molar-refractivity contribution in [2.75, 3.05) is 13.1 Å². The van der Waals surface area contributed by atoms with E-state index in [9.17, 15) is 14.0 Å². The number of carboxylic acid groups (broad SMARTS) is 1. The first kappa shape index (κ1) is 14.4. The van der Waals surface area contributed by atoms with Gasteiger partial charge >= 0.3 is 11.8 Å². The van der Waals surface area contributed by atoms with Crippen molar-refractivity contribution >= 4 is 6.09 Å². The zero-order chi connectivity index (χ0) is 15.7. The minimum atomic E-state index is -0.935. The van der Waals surface area contributed by atoms with Gasteiger partial charge in [0.25, 0.3) is 0 Å². The molecule has 7 heteroatoms. The van der Waals surface area contributed by atoms with E-state index < -0.39 is 11.9 Å². The van der Waals surface area contributed by atoms with E-state index >= 15 is 0 Å². The molecule has 0 spiro atoms. The van der Waals surface area contributed by atoms with E-state index in [1.165, 1.54) is 15.5 Å². The Morgan fingerprint density at radius 3 is 2.50 bits per heavy atom. The van der Waals surface area contributed by atoms with Crippen LogP contribution in [0.25, 0.3) is 5.69 Å². The first-order chi connectivity index (χ1) is 10.6. The molecular weight excluding hydrogens is 289 g/mol. The van der Waals surface area contributed by atoms with E-state index in [-0.39, 0.29) is 17.4 Å². The molecule has 1 aliphatic heterocycles. The van der Waals surface area contributed by atoms with Crippen LogP contribution in [0, 0.1) is 5.82 Å². The molecule has 1 fully saturated rings. The number of rotatable bonds is 2. The standard InChI is InChI=1S/C15H16FN3O3/c16-12-3-1-2-4-13(12)19-10-9-18(14(19)20)11-5-7-17(8-6-11)15(21)22/h1-4,9-11H,5-8H2,(H,21,22). The number of piperidine rings is 1.